The average molecular weight is 309 g/mol. The van der Waals surface area contributed by atoms with Crippen LogP contribution in [0.4, 0.5) is 11.4 Å². The maximum atomic E-state index is 11.6. The molecule has 1 saturated heterocycles. The summed E-state index contributed by atoms with van der Waals surface area (Å²) in [4.78, 5) is 16.4. The molecule has 5 nitrogen and oxygen atoms in total. The lowest BCUT2D eigenvalue weighted by molar-refractivity contribution is -0.116. The highest BCUT2D eigenvalue weighted by molar-refractivity contribution is 6.33. The van der Waals surface area contributed by atoms with Gasteiger partial charge in [0, 0.05) is 43.5 Å². The molecule has 6 heteroatoms. The molecule has 21 heavy (non-hydrogen) atoms. The molecule has 0 aliphatic carbocycles. The number of nitrogens with zero attached hydrogens (tertiary/aromatic N) is 2. The van der Waals surface area contributed by atoms with E-state index in [4.69, 9.17) is 17.3 Å². The molecule has 3 N–H and O–H groups in total. The summed E-state index contributed by atoms with van der Waals surface area (Å²) in [5.41, 5.74) is 8.40. The SMILES string of the molecule is CC(C)N1CCN(c2cc3c(cc2Cl)C(N)C(=O)N3)CC1. The normalized spacial score (nSPS) is 22.6. The van der Waals surface area contributed by atoms with E-state index in [2.05, 4.69) is 29.0 Å². The highest BCUT2D eigenvalue weighted by Gasteiger charge is 2.29. The predicted molar refractivity (Wildman–Crippen MR) is 85.9 cm³/mol. The van der Waals surface area contributed by atoms with Crippen molar-refractivity contribution >= 4 is 28.9 Å². The average Bonchev–Trinajstić information content (AvgIpc) is 2.73. The van der Waals surface area contributed by atoms with Crippen LogP contribution >= 0.6 is 11.6 Å². The lowest BCUT2D eigenvalue weighted by atomic mass is 10.1. The fourth-order valence-corrected chi connectivity index (χ4v) is 3.31. The number of hydrogen-bond donors (Lipinski definition) is 2. The van der Waals surface area contributed by atoms with Crippen molar-refractivity contribution in [2.45, 2.75) is 25.9 Å². The van der Waals surface area contributed by atoms with Gasteiger partial charge in [0.2, 0.25) is 5.91 Å². The molecule has 1 amide bonds. The van der Waals surface area contributed by atoms with Gasteiger partial charge in [-0.1, -0.05) is 11.6 Å². The summed E-state index contributed by atoms with van der Waals surface area (Å²) < 4.78 is 0. The lowest BCUT2D eigenvalue weighted by Gasteiger charge is -2.38. The van der Waals surface area contributed by atoms with E-state index in [-0.39, 0.29) is 5.91 Å². The fraction of sp³-hybridized carbons (Fsp3) is 0.533. The van der Waals surface area contributed by atoms with Crippen molar-refractivity contribution in [3.63, 3.8) is 0 Å². The first kappa shape index (κ1) is 14.6. The van der Waals surface area contributed by atoms with Gasteiger partial charge < -0.3 is 16.0 Å². The molecule has 0 radical (unpaired) electrons. The van der Waals surface area contributed by atoms with Gasteiger partial charge in [-0.05, 0) is 26.0 Å². The van der Waals surface area contributed by atoms with Crippen LogP contribution < -0.4 is 16.0 Å². The number of piperazine rings is 1. The van der Waals surface area contributed by atoms with Crippen LogP contribution in [-0.4, -0.2) is 43.0 Å². The molecular formula is C15H21ClN4O. The van der Waals surface area contributed by atoms with E-state index in [1.54, 1.807) is 0 Å². The summed E-state index contributed by atoms with van der Waals surface area (Å²) >= 11 is 6.40. The van der Waals surface area contributed by atoms with Gasteiger partial charge in [-0.15, -0.1) is 0 Å². The molecule has 1 atom stereocenters. The largest absolute Gasteiger partial charge is 0.368 e. The zero-order valence-corrected chi connectivity index (χ0v) is 13.2. The Labute approximate surface area is 130 Å². The van der Waals surface area contributed by atoms with Crippen molar-refractivity contribution in [3.8, 4) is 0 Å². The number of anilines is 2. The highest BCUT2D eigenvalue weighted by Crippen LogP contribution is 2.38. The standard InChI is InChI=1S/C15H21ClN4O/c1-9(2)19-3-5-20(6-4-19)13-8-12-10(7-11(13)16)14(17)15(21)18-12/h7-9,14H,3-6,17H2,1-2H3,(H,18,21). The van der Waals surface area contributed by atoms with Crippen LogP contribution in [0.1, 0.15) is 25.5 Å². The van der Waals surface area contributed by atoms with Crippen molar-refractivity contribution < 1.29 is 4.79 Å². The molecular weight excluding hydrogens is 288 g/mol. The molecule has 2 aliphatic rings. The minimum atomic E-state index is -0.607. The number of rotatable bonds is 2. The first-order valence-corrected chi connectivity index (χ1v) is 7.74. The number of fused-ring (bicyclic) bond motifs is 1. The van der Waals surface area contributed by atoms with Gasteiger partial charge in [0.1, 0.15) is 6.04 Å². The molecule has 0 aromatic heterocycles. The van der Waals surface area contributed by atoms with Crippen molar-refractivity contribution in [3.05, 3.63) is 22.7 Å². The van der Waals surface area contributed by atoms with Gasteiger partial charge >= 0.3 is 0 Å². The fourth-order valence-electron chi connectivity index (χ4n) is 3.02. The van der Waals surface area contributed by atoms with Gasteiger partial charge in [-0.2, -0.15) is 0 Å². The van der Waals surface area contributed by atoms with Gasteiger partial charge in [-0.25, -0.2) is 0 Å². The zero-order valence-electron chi connectivity index (χ0n) is 12.4. The number of carbonyl (C=O) groups is 1. The van der Waals surface area contributed by atoms with E-state index in [0.717, 1.165) is 43.1 Å². The molecule has 0 bridgehead atoms. The van der Waals surface area contributed by atoms with Crippen LogP contribution in [0.2, 0.25) is 5.02 Å². The monoisotopic (exact) mass is 308 g/mol. The van der Waals surface area contributed by atoms with Crippen LogP contribution in [-0.2, 0) is 4.79 Å². The minimum Gasteiger partial charge on any atom is -0.368 e. The van der Waals surface area contributed by atoms with Crippen LogP contribution in [0, 0.1) is 0 Å². The van der Waals surface area contributed by atoms with Gasteiger partial charge in [-0.3, -0.25) is 9.69 Å². The highest BCUT2D eigenvalue weighted by atomic mass is 35.5. The number of amides is 1. The maximum absolute atomic E-state index is 11.6. The molecule has 1 unspecified atom stereocenters. The van der Waals surface area contributed by atoms with E-state index in [1.807, 2.05) is 12.1 Å². The van der Waals surface area contributed by atoms with Crippen molar-refractivity contribution in [1.29, 1.82) is 0 Å². The van der Waals surface area contributed by atoms with E-state index in [1.165, 1.54) is 0 Å². The minimum absolute atomic E-state index is 0.164. The molecule has 1 fully saturated rings. The number of nitrogens with one attached hydrogen (secondary N) is 1. The zero-order chi connectivity index (χ0) is 15.1. The predicted octanol–water partition coefficient (Wildman–Crippen LogP) is 1.82. The maximum Gasteiger partial charge on any atom is 0.245 e. The first-order valence-electron chi connectivity index (χ1n) is 7.36. The summed E-state index contributed by atoms with van der Waals surface area (Å²) in [5, 5.41) is 3.49. The Morgan fingerprint density at radius 2 is 1.95 bits per heavy atom. The summed E-state index contributed by atoms with van der Waals surface area (Å²) in [7, 11) is 0. The number of carbonyl (C=O) groups excluding carboxylic acids is 1. The summed E-state index contributed by atoms with van der Waals surface area (Å²) in [6.07, 6.45) is 0. The molecule has 0 saturated carbocycles. The smallest absolute Gasteiger partial charge is 0.245 e. The number of nitrogens with two attached hydrogens (primary N) is 1. The number of benzene rings is 1. The third kappa shape index (κ3) is 2.61. The Bertz CT molecular complexity index is 567. The Balaban J connectivity index is 1.82. The topological polar surface area (TPSA) is 61.6 Å². The Kier molecular flexibility index (Phi) is 3.82. The lowest BCUT2D eigenvalue weighted by Crippen LogP contribution is -2.49. The van der Waals surface area contributed by atoms with E-state index in [9.17, 15) is 4.79 Å². The van der Waals surface area contributed by atoms with Crippen molar-refractivity contribution in [1.82, 2.24) is 4.90 Å². The summed E-state index contributed by atoms with van der Waals surface area (Å²) in [6, 6.07) is 3.74. The van der Waals surface area contributed by atoms with Crippen LogP contribution in [0.5, 0.6) is 0 Å². The van der Waals surface area contributed by atoms with Crippen molar-refractivity contribution in [2.24, 2.45) is 5.73 Å². The third-order valence-corrected chi connectivity index (χ3v) is 4.68. The van der Waals surface area contributed by atoms with E-state index < -0.39 is 6.04 Å². The molecule has 1 aromatic rings. The second-order valence-corrected chi connectivity index (χ2v) is 6.38. The van der Waals surface area contributed by atoms with Gasteiger partial charge in [0.15, 0.2) is 0 Å². The van der Waals surface area contributed by atoms with E-state index in [0.29, 0.717) is 11.1 Å². The third-order valence-electron chi connectivity index (χ3n) is 4.38. The van der Waals surface area contributed by atoms with Crippen LogP contribution in [0.15, 0.2) is 12.1 Å². The first-order chi connectivity index (χ1) is 9.97. The number of hydrogen-bond acceptors (Lipinski definition) is 4. The molecule has 1 aromatic carbocycles. The molecule has 2 aliphatic heterocycles. The Hall–Kier alpha value is -1.30. The second kappa shape index (κ2) is 5.48. The summed E-state index contributed by atoms with van der Waals surface area (Å²) in [6.45, 7) is 8.37. The number of halogens is 1. The van der Waals surface area contributed by atoms with Crippen molar-refractivity contribution in [2.75, 3.05) is 36.4 Å². The molecule has 0 spiro atoms. The second-order valence-electron chi connectivity index (χ2n) is 5.97. The Morgan fingerprint density at radius 1 is 1.29 bits per heavy atom. The molecule has 2 heterocycles. The van der Waals surface area contributed by atoms with Crippen LogP contribution in [0.25, 0.3) is 0 Å². The van der Waals surface area contributed by atoms with Gasteiger partial charge in [0.25, 0.3) is 0 Å². The molecule has 3 rings (SSSR count). The quantitative estimate of drug-likeness (QED) is 0.875. The summed E-state index contributed by atoms with van der Waals surface area (Å²) in [5.74, 6) is -0.164. The van der Waals surface area contributed by atoms with E-state index >= 15 is 0 Å². The molecule has 114 valence electrons. The van der Waals surface area contributed by atoms with Crippen LogP contribution in [0.3, 0.4) is 0 Å². The Morgan fingerprint density at radius 3 is 2.57 bits per heavy atom. The van der Waals surface area contributed by atoms with Gasteiger partial charge in [0.05, 0.1) is 10.7 Å².